The maximum absolute atomic E-state index is 9.74. The van der Waals surface area contributed by atoms with Crippen molar-refractivity contribution in [1.82, 2.24) is 0 Å². The average Bonchev–Trinajstić information content (AvgIpc) is 2.64. The number of hydrogen-bond donors (Lipinski definition) is 2. The Kier molecular flexibility index (Phi) is 4.01. The zero-order chi connectivity index (χ0) is 13.1. The van der Waals surface area contributed by atoms with Crippen molar-refractivity contribution in [2.75, 3.05) is 7.11 Å². The number of ether oxygens (including phenoxy) is 2. The maximum atomic E-state index is 9.74. The van der Waals surface area contributed by atoms with Crippen LogP contribution in [-0.2, 0) is 4.74 Å². The lowest BCUT2D eigenvalue weighted by atomic mass is 10.1. The number of aliphatic hydroxyl groups excluding tert-OH is 2. The van der Waals surface area contributed by atoms with E-state index in [9.17, 15) is 10.2 Å². The van der Waals surface area contributed by atoms with Gasteiger partial charge >= 0.3 is 0 Å². The Hall–Kier alpha value is -1.36. The number of hydrogen-bond acceptors (Lipinski definition) is 4. The molecule has 98 valence electrons. The SMILES string of the molecule is COc1ccc(/C=C\[C@H]2O[C@@H](C)[C@H](O)[C@@H]2O)cc1. The number of aliphatic hydroxyl groups is 2. The normalized spacial score (nSPS) is 32.0. The first-order valence-electron chi connectivity index (χ1n) is 5.95. The van der Waals surface area contributed by atoms with Crippen molar-refractivity contribution < 1.29 is 19.7 Å². The molecule has 1 saturated heterocycles. The Morgan fingerprint density at radius 1 is 1.17 bits per heavy atom. The number of benzene rings is 1. The Labute approximate surface area is 106 Å². The third kappa shape index (κ3) is 2.72. The molecule has 0 bridgehead atoms. The smallest absolute Gasteiger partial charge is 0.118 e. The minimum Gasteiger partial charge on any atom is -0.497 e. The highest BCUT2D eigenvalue weighted by atomic mass is 16.5. The number of methoxy groups -OCH3 is 1. The molecule has 4 atom stereocenters. The first-order chi connectivity index (χ1) is 8.61. The fourth-order valence-corrected chi connectivity index (χ4v) is 1.96. The molecular formula is C14H18O4. The lowest BCUT2D eigenvalue weighted by Gasteiger charge is -2.10. The molecule has 0 amide bonds. The Morgan fingerprint density at radius 3 is 2.33 bits per heavy atom. The molecule has 0 radical (unpaired) electrons. The summed E-state index contributed by atoms with van der Waals surface area (Å²) in [5.41, 5.74) is 0.987. The molecule has 1 aliphatic rings. The monoisotopic (exact) mass is 250 g/mol. The molecule has 0 aliphatic carbocycles. The molecule has 4 nitrogen and oxygen atoms in total. The summed E-state index contributed by atoms with van der Waals surface area (Å²) in [4.78, 5) is 0. The summed E-state index contributed by atoms with van der Waals surface area (Å²) in [6, 6.07) is 7.55. The van der Waals surface area contributed by atoms with Gasteiger partial charge in [-0.3, -0.25) is 0 Å². The van der Waals surface area contributed by atoms with Gasteiger partial charge in [-0.25, -0.2) is 0 Å². The molecule has 4 heteroatoms. The van der Waals surface area contributed by atoms with Crippen LogP contribution in [0.4, 0.5) is 0 Å². The first kappa shape index (κ1) is 13.1. The molecule has 1 heterocycles. The van der Waals surface area contributed by atoms with E-state index in [4.69, 9.17) is 9.47 Å². The molecule has 1 aromatic carbocycles. The van der Waals surface area contributed by atoms with E-state index in [0.717, 1.165) is 11.3 Å². The minimum absolute atomic E-state index is 0.342. The van der Waals surface area contributed by atoms with Crippen molar-refractivity contribution in [3.05, 3.63) is 35.9 Å². The highest BCUT2D eigenvalue weighted by Crippen LogP contribution is 2.22. The van der Waals surface area contributed by atoms with Gasteiger partial charge < -0.3 is 19.7 Å². The van der Waals surface area contributed by atoms with Crippen LogP contribution in [0.3, 0.4) is 0 Å². The lowest BCUT2D eigenvalue weighted by Crippen LogP contribution is -2.30. The van der Waals surface area contributed by atoms with Gasteiger partial charge in [0.25, 0.3) is 0 Å². The van der Waals surface area contributed by atoms with Gasteiger partial charge in [0.05, 0.1) is 13.2 Å². The van der Waals surface area contributed by atoms with Gasteiger partial charge in [-0.2, -0.15) is 0 Å². The number of rotatable bonds is 3. The van der Waals surface area contributed by atoms with E-state index < -0.39 is 18.3 Å². The van der Waals surface area contributed by atoms with Crippen molar-refractivity contribution in [3.63, 3.8) is 0 Å². The predicted octanol–water partition coefficient (Wildman–Crippen LogP) is 1.22. The molecule has 2 rings (SSSR count). The maximum Gasteiger partial charge on any atom is 0.118 e. The van der Waals surface area contributed by atoms with E-state index in [-0.39, 0.29) is 6.10 Å². The van der Waals surface area contributed by atoms with Gasteiger partial charge in [0.1, 0.15) is 24.1 Å². The van der Waals surface area contributed by atoms with Gasteiger partial charge in [-0.05, 0) is 24.6 Å². The molecule has 1 fully saturated rings. The summed E-state index contributed by atoms with van der Waals surface area (Å²) >= 11 is 0. The third-order valence-corrected chi connectivity index (χ3v) is 3.13. The van der Waals surface area contributed by atoms with Gasteiger partial charge in [0, 0.05) is 0 Å². The molecule has 1 aliphatic heterocycles. The van der Waals surface area contributed by atoms with Crippen LogP contribution in [0.5, 0.6) is 5.75 Å². The highest BCUT2D eigenvalue weighted by molar-refractivity contribution is 5.51. The largest absolute Gasteiger partial charge is 0.497 e. The van der Waals surface area contributed by atoms with E-state index >= 15 is 0 Å². The zero-order valence-electron chi connectivity index (χ0n) is 10.5. The second kappa shape index (κ2) is 5.52. The molecule has 0 aromatic heterocycles. The van der Waals surface area contributed by atoms with Gasteiger partial charge in [0.2, 0.25) is 0 Å². The van der Waals surface area contributed by atoms with Gasteiger partial charge in [-0.15, -0.1) is 0 Å². The Morgan fingerprint density at radius 2 is 1.83 bits per heavy atom. The fourth-order valence-electron chi connectivity index (χ4n) is 1.96. The van der Waals surface area contributed by atoms with E-state index in [1.54, 1.807) is 20.1 Å². The highest BCUT2D eigenvalue weighted by Gasteiger charge is 2.38. The fraction of sp³-hybridized carbons (Fsp3) is 0.429. The van der Waals surface area contributed by atoms with Crippen LogP contribution in [0.15, 0.2) is 30.3 Å². The predicted molar refractivity (Wildman–Crippen MR) is 68.4 cm³/mol. The quantitative estimate of drug-likeness (QED) is 0.846. The summed E-state index contributed by atoms with van der Waals surface area (Å²) in [5, 5.41) is 19.3. The van der Waals surface area contributed by atoms with Crippen molar-refractivity contribution in [1.29, 1.82) is 0 Å². The molecule has 0 unspecified atom stereocenters. The molecular weight excluding hydrogens is 232 g/mol. The van der Waals surface area contributed by atoms with Crippen molar-refractivity contribution in [2.24, 2.45) is 0 Å². The average molecular weight is 250 g/mol. The van der Waals surface area contributed by atoms with Crippen LogP contribution in [-0.4, -0.2) is 41.7 Å². The van der Waals surface area contributed by atoms with Crippen molar-refractivity contribution in [3.8, 4) is 5.75 Å². The topological polar surface area (TPSA) is 58.9 Å². The van der Waals surface area contributed by atoms with Gasteiger partial charge in [-0.1, -0.05) is 24.3 Å². The molecule has 18 heavy (non-hydrogen) atoms. The molecule has 1 aromatic rings. The lowest BCUT2D eigenvalue weighted by molar-refractivity contribution is 0.0316. The van der Waals surface area contributed by atoms with Crippen LogP contribution >= 0.6 is 0 Å². The molecule has 2 N–H and O–H groups in total. The third-order valence-electron chi connectivity index (χ3n) is 3.13. The van der Waals surface area contributed by atoms with Crippen molar-refractivity contribution in [2.45, 2.75) is 31.3 Å². The van der Waals surface area contributed by atoms with Crippen LogP contribution in [0, 0.1) is 0 Å². The second-order valence-electron chi connectivity index (χ2n) is 4.42. The van der Waals surface area contributed by atoms with E-state index in [1.165, 1.54) is 0 Å². The summed E-state index contributed by atoms with van der Waals surface area (Å²) in [7, 11) is 1.62. The molecule has 0 saturated carbocycles. The Balaban J connectivity index is 2.02. The van der Waals surface area contributed by atoms with E-state index in [2.05, 4.69) is 0 Å². The first-order valence-corrected chi connectivity index (χ1v) is 5.95. The minimum atomic E-state index is -0.866. The van der Waals surface area contributed by atoms with Gasteiger partial charge in [0.15, 0.2) is 0 Å². The molecule has 0 spiro atoms. The summed E-state index contributed by atoms with van der Waals surface area (Å²) in [6.45, 7) is 1.75. The zero-order valence-corrected chi connectivity index (χ0v) is 10.5. The van der Waals surface area contributed by atoms with E-state index in [1.807, 2.05) is 30.3 Å². The van der Waals surface area contributed by atoms with Crippen LogP contribution < -0.4 is 4.74 Å². The Bertz CT molecular complexity index is 412. The van der Waals surface area contributed by atoms with Crippen LogP contribution in [0.25, 0.3) is 6.08 Å². The van der Waals surface area contributed by atoms with Crippen LogP contribution in [0.2, 0.25) is 0 Å². The summed E-state index contributed by atoms with van der Waals surface area (Å²) in [6.07, 6.45) is 1.13. The standard InChI is InChI=1S/C14H18O4/c1-9-13(15)14(16)12(18-9)8-5-10-3-6-11(17-2)7-4-10/h3-9,12-16H,1-2H3/b8-5-/t9-,12+,13-,14+/m0/s1. The van der Waals surface area contributed by atoms with Crippen molar-refractivity contribution >= 4 is 6.08 Å². The summed E-state index contributed by atoms with van der Waals surface area (Å²) in [5.74, 6) is 0.799. The summed E-state index contributed by atoms with van der Waals surface area (Å²) < 4.78 is 10.5. The second-order valence-corrected chi connectivity index (χ2v) is 4.42. The van der Waals surface area contributed by atoms with E-state index in [0.29, 0.717) is 0 Å². The van der Waals surface area contributed by atoms with Crippen LogP contribution in [0.1, 0.15) is 12.5 Å².